The summed E-state index contributed by atoms with van der Waals surface area (Å²) in [4.78, 5) is 27.5. The first-order chi connectivity index (χ1) is 15.2. The molecule has 0 aliphatic carbocycles. The third-order valence-corrected chi connectivity index (χ3v) is 4.51. The fourth-order valence-electron chi connectivity index (χ4n) is 2.91. The van der Waals surface area contributed by atoms with Crippen LogP contribution >= 0.6 is 11.6 Å². The van der Waals surface area contributed by atoms with Crippen LogP contribution in [0.5, 0.6) is 0 Å². The molecule has 0 radical (unpaired) electrons. The van der Waals surface area contributed by atoms with Gasteiger partial charge in [-0.25, -0.2) is 19.7 Å². The molecule has 1 N–H and O–H groups in total. The Balaban J connectivity index is 2.15. The number of carbonyl (C=O) groups excluding carboxylic acids is 1. The van der Waals surface area contributed by atoms with E-state index in [1.165, 1.54) is 0 Å². The summed E-state index contributed by atoms with van der Waals surface area (Å²) in [5, 5.41) is 3.50. The molecule has 9 heteroatoms. The van der Waals surface area contributed by atoms with Crippen LogP contribution in [0.4, 0.5) is 4.79 Å². The van der Waals surface area contributed by atoms with Crippen molar-refractivity contribution in [2.45, 2.75) is 65.7 Å². The Morgan fingerprint density at radius 2 is 1.70 bits per heavy atom. The fraction of sp³-hybridized carbons (Fsp3) is 0.500. The van der Waals surface area contributed by atoms with E-state index in [0.717, 1.165) is 11.1 Å². The molecule has 2 aromatic rings. The second-order valence-corrected chi connectivity index (χ2v) is 10.00. The van der Waals surface area contributed by atoms with Crippen molar-refractivity contribution in [1.82, 2.24) is 25.2 Å². The standard InChI is InChI=1S/C24H34ClN5O3/c1-16(21-28-14-19(15-29-21)18-9-10-27-20(25)13-18)30(22(31)33-24(6,7)8)12-11-26-17(2)32-23(3,4)5/h9-10,13-16,26H,2,11-12H2,1,3-8H3. The molecule has 0 aliphatic rings. The van der Waals surface area contributed by atoms with Crippen molar-refractivity contribution >= 4 is 17.7 Å². The average Bonchev–Trinajstić information content (AvgIpc) is 2.68. The second kappa shape index (κ2) is 10.8. The van der Waals surface area contributed by atoms with Crippen molar-refractivity contribution in [3.8, 4) is 11.1 Å². The van der Waals surface area contributed by atoms with Gasteiger partial charge in [-0.15, -0.1) is 0 Å². The van der Waals surface area contributed by atoms with E-state index in [-0.39, 0.29) is 5.60 Å². The second-order valence-electron chi connectivity index (χ2n) is 9.61. The van der Waals surface area contributed by atoms with Gasteiger partial charge < -0.3 is 14.8 Å². The number of hydrogen-bond donors (Lipinski definition) is 1. The van der Waals surface area contributed by atoms with Gasteiger partial charge >= 0.3 is 6.09 Å². The van der Waals surface area contributed by atoms with Crippen LogP contribution in [0, 0.1) is 0 Å². The monoisotopic (exact) mass is 475 g/mol. The normalized spacial score (nSPS) is 12.6. The zero-order valence-electron chi connectivity index (χ0n) is 20.5. The van der Waals surface area contributed by atoms with Gasteiger partial charge in [-0.1, -0.05) is 11.6 Å². The lowest BCUT2D eigenvalue weighted by atomic mass is 10.1. The molecule has 33 heavy (non-hydrogen) atoms. The Labute approximate surface area is 201 Å². The quantitative estimate of drug-likeness (QED) is 0.405. The predicted molar refractivity (Wildman–Crippen MR) is 130 cm³/mol. The molecule has 0 saturated heterocycles. The lowest BCUT2D eigenvalue weighted by molar-refractivity contribution is 0.0148. The van der Waals surface area contributed by atoms with Gasteiger partial charge in [0.25, 0.3) is 0 Å². The predicted octanol–water partition coefficient (Wildman–Crippen LogP) is 5.37. The summed E-state index contributed by atoms with van der Waals surface area (Å²) in [6, 6.07) is 3.15. The zero-order valence-corrected chi connectivity index (χ0v) is 21.2. The average molecular weight is 476 g/mol. The Morgan fingerprint density at radius 1 is 1.09 bits per heavy atom. The molecule has 1 amide bonds. The number of hydrogen-bond acceptors (Lipinski definition) is 7. The van der Waals surface area contributed by atoms with Crippen LogP contribution in [0.2, 0.25) is 5.15 Å². The molecule has 8 nitrogen and oxygen atoms in total. The third kappa shape index (κ3) is 8.88. The summed E-state index contributed by atoms with van der Waals surface area (Å²) < 4.78 is 11.3. The first-order valence-corrected chi connectivity index (χ1v) is 11.2. The summed E-state index contributed by atoms with van der Waals surface area (Å²) in [5.41, 5.74) is 0.667. The molecule has 1 atom stereocenters. The van der Waals surface area contributed by atoms with Gasteiger partial charge in [0.1, 0.15) is 16.4 Å². The molecule has 0 spiro atoms. The van der Waals surface area contributed by atoms with E-state index in [2.05, 4.69) is 26.8 Å². The Bertz CT molecular complexity index is 952. The number of halogens is 1. The van der Waals surface area contributed by atoms with E-state index in [0.29, 0.717) is 30.0 Å². The van der Waals surface area contributed by atoms with E-state index < -0.39 is 17.7 Å². The molecule has 0 bridgehead atoms. The van der Waals surface area contributed by atoms with Crippen molar-refractivity contribution in [1.29, 1.82) is 0 Å². The lowest BCUT2D eigenvalue weighted by Crippen LogP contribution is -2.42. The number of ether oxygens (including phenoxy) is 2. The molecule has 2 aromatic heterocycles. The molecular formula is C24H34ClN5O3. The van der Waals surface area contributed by atoms with Crippen LogP contribution in [0.3, 0.4) is 0 Å². The molecule has 0 saturated carbocycles. The van der Waals surface area contributed by atoms with Crippen LogP contribution in [0.15, 0.2) is 43.2 Å². The summed E-state index contributed by atoms with van der Waals surface area (Å²) in [7, 11) is 0. The molecule has 180 valence electrons. The third-order valence-electron chi connectivity index (χ3n) is 4.31. The van der Waals surface area contributed by atoms with Gasteiger partial charge in [0, 0.05) is 37.2 Å². The van der Waals surface area contributed by atoms with Gasteiger partial charge in [-0.3, -0.25) is 4.90 Å². The SMILES string of the molecule is C=C(NCCN(C(=O)OC(C)(C)C)C(C)c1ncc(-c2ccnc(Cl)c2)cn1)OC(C)(C)C. The topological polar surface area (TPSA) is 89.5 Å². The van der Waals surface area contributed by atoms with Gasteiger partial charge in [0.2, 0.25) is 0 Å². The van der Waals surface area contributed by atoms with Gasteiger partial charge in [-0.2, -0.15) is 0 Å². The van der Waals surface area contributed by atoms with Crippen LogP contribution < -0.4 is 5.32 Å². The highest BCUT2D eigenvalue weighted by atomic mass is 35.5. The number of nitrogens with one attached hydrogen (secondary N) is 1. The van der Waals surface area contributed by atoms with Crippen molar-refractivity contribution in [3.05, 3.63) is 54.2 Å². The highest BCUT2D eigenvalue weighted by Crippen LogP contribution is 2.23. The molecule has 0 fully saturated rings. The van der Waals surface area contributed by atoms with Crippen LogP contribution in [0.1, 0.15) is 60.3 Å². The number of pyridine rings is 1. The largest absolute Gasteiger partial charge is 0.474 e. The minimum atomic E-state index is -0.632. The number of carbonyl (C=O) groups is 1. The number of rotatable bonds is 8. The summed E-state index contributed by atoms with van der Waals surface area (Å²) in [6.45, 7) is 17.8. The Kier molecular flexibility index (Phi) is 8.66. The van der Waals surface area contributed by atoms with Crippen molar-refractivity contribution in [2.24, 2.45) is 0 Å². The van der Waals surface area contributed by atoms with Gasteiger partial charge in [0.15, 0.2) is 11.7 Å². The first kappa shape index (κ1) is 26.4. The summed E-state index contributed by atoms with van der Waals surface area (Å²) in [6.07, 6.45) is 4.58. The summed E-state index contributed by atoms with van der Waals surface area (Å²) >= 11 is 5.98. The van der Waals surface area contributed by atoms with E-state index in [9.17, 15) is 4.79 Å². The van der Waals surface area contributed by atoms with Crippen LogP contribution in [-0.2, 0) is 9.47 Å². The highest BCUT2D eigenvalue weighted by molar-refractivity contribution is 6.29. The van der Waals surface area contributed by atoms with E-state index in [1.54, 1.807) is 29.6 Å². The number of amides is 1. The minimum Gasteiger partial charge on any atom is -0.474 e. The van der Waals surface area contributed by atoms with Crippen LogP contribution in [-0.4, -0.2) is 50.2 Å². The van der Waals surface area contributed by atoms with Crippen molar-refractivity contribution in [3.63, 3.8) is 0 Å². The van der Waals surface area contributed by atoms with Crippen molar-refractivity contribution < 1.29 is 14.3 Å². The fourth-order valence-corrected chi connectivity index (χ4v) is 3.08. The molecule has 2 rings (SSSR count). The van der Waals surface area contributed by atoms with Gasteiger partial charge in [-0.05, 0) is 72.7 Å². The molecule has 0 aromatic carbocycles. The Hall–Kier alpha value is -2.87. The zero-order chi connectivity index (χ0) is 24.8. The maximum absolute atomic E-state index is 12.9. The first-order valence-electron chi connectivity index (χ1n) is 10.8. The minimum absolute atomic E-state index is 0.341. The molecule has 0 aliphatic heterocycles. The smallest absolute Gasteiger partial charge is 0.410 e. The Morgan fingerprint density at radius 3 is 2.24 bits per heavy atom. The number of aromatic nitrogens is 3. The molecule has 1 unspecified atom stereocenters. The summed E-state index contributed by atoms with van der Waals surface area (Å²) in [5.74, 6) is 0.936. The maximum atomic E-state index is 12.9. The lowest BCUT2D eigenvalue weighted by Gasteiger charge is -2.31. The van der Waals surface area contributed by atoms with Crippen molar-refractivity contribution in [2.75, 3.05) is 13.1 Å². The maximum Gasteiger partial charge on any atom is 0.410 e. The molecule has 2 heterocycles. The van der Waals surface area contributed by atoms with E-state index in [4.69, 9.17) is 21.1 Å². The van der Waals surface area contributed by atoms with Crippen LogP contribution in [0.25, 0.3) is 11.1 Å². The highest BCUT2D eigenvalue weighted by Gasteiger charge is 2.28. The van der Waals surface area contributed by atoms with E-state index >= 15 is 0 Å². The number of nitrogens with zero attached hydrogens (tertiary/aromatic N) is 4. The molecular weight excluding hydrogens is 442 g/mol. The van der Waals surface area contributed by atoms with E-state index in [1.807, 2.05) is 54.5 Å². The van der Waals surface area contributed by atoms with Gasteiger partial charge in [0.05, 0.1) is 6.04 Å².